The van der Waals surface area contributed by atoms with Crippen LogP contribution in [0.15, 0.2) is 77.9 Å². The number of aromatic amines is 2. The molecular weight excluding hydrogens is 419 g/mol. The van der Waals surface area contributed by atoms with Gasteiger partial charge in [-0.25, -0.2) is 9.37 Å². The van der Waals surface area contributed by atoms with E-state index in [-0.39, 0.29) is 11.4 Å². The monoisotopic (exact) mass is 442 g/mol. The molecule has 0 saturated heterocycles. The molecule has 0 radical (unpaired) electrons. The van der Waals surface area contributed by atoms with Crippen molar-refractivity contribution in [1.29, 1.82) is 0 Å². The number of hydrogen-bond acceptors (Lipinski definition) is 4. The lowest BCUT2D eigenvalue weighted by molar-refractivity contribution is 0.627. The van der Waals surface area contributed by atoms with Gasteiger partial charge in [0.25, 0.3) is 5.56 Å². The highest BCUT2D eigenvalue weighted by molar-refractivity contribution is 5.75. The minimum Gasteiger partial charge on any atom is -0.322 e. The molecule has 3 aromatic heterocycles. The first-order valence-corrected chi connectivity index (χ1v) is 10.8. The SMILES string of the molecule is O=c1c(CCc2ccc(F)cc2)c(CNCc2cccnc2)[nH]n1-c1nc2ccccc2[nH]1. The molecule has 0 saturated carbocycles. The van der Waals surface area contributed by atoms with E-state index in [1.165, 1.54) is 16.8 Å². The van der Waals surface area contributed by atoms with Crippen molar-refractivity contribution in [2.45, 2.75) is 25.9 Å². The quantitative estimate of drug-likeness (QED) is 0.342. The molecule has 166 valence electrons. The summed E-state index contributed by atoms with van der Waals surface area (Å²) in [5.74, 6) is 0.177. The van der Waals surface area contributed by atoms with Gasteiger partial charge in [0.05, 0.1) is 16.7 Å². The van der Waals surface area contributed by atoms with Crippen molar-refractivity contribution in [3.8, 4) is 5.95 Å². The number of fused-ring (bicyclic) bond motifs is 1. The van der Waals surface area contributed by atoms with Crippen LogP contribution in [0.1, 0.15) is 22.4 Å². The number of imidazole rings is 1. The summed E-state index contributed by atoms with van der Waals surface area (Å²) >= 11 is 0. The molecular formula is C25H23FN6O. The lowest BCUT2D eigenvalue weighted by Gasteiger charge is -2.06. The van der Waals surface area contributed by atoms with Gasteiger partial charge in [-0.2, -0.15) is 4.68 Å². The third-order valence-corrected chi connectivity index (χ3v) is 5.59. The molecule has 8 heteroatoms. The van der Waals surface area contributed by atoms with E-state index in [0.29, 0.717) is 37.4 Å². The van der Waals surface area contributed by atoms with Crippen LogP contribution in [0.2, 0.25) is 0 Å². The van der Waals surface area contributed by atoms with Crippen LogP contribution in [0.25, 0.3) is 17.0 Å². The Morgan fingerprint density at radius 2 is 1.79 bits per heavy atom. The minimum absolute atomic E-state index is 0.144. The van der Waals surface area contributed by atoms with Crippen LogP contribution < -0.4 is 10.9 Å². The molecule has 33 heavy (non-hydrogen) atoms. The van der Waals surface area contributed by atoms with Gasteiger partial charge in [-0.3, -0.25) is 14.9 Å². The number of para-hydroxylation sites is 2. The molecule has 0 amide bonds. The van der Waals surface area contributed by atoms with Gasteiger partial charge < -0.3 is 10.3 Å². The largest absolute Gasteiger partial charge is 0.322 e. The number of nitrogens with one attached hydrogen (secondary N) is 3. The molecule has 3 heterocycles. The number of aromatic nitrogens is 5. The maximum absolute atomic E-state index is 13.3. The molecule has 0 aliphatic heterocycles. The Balaban J connectivity index is 1.43. The van der Waals surface area contributed by atoms with Gasteiger partial charge in [0.1, 0.15) is 5.82 Å². The van der Waals surface area contributed by atoms with E-state index in [9.17, 15) is 9.18 Å². The number of hydrogen-bond donors (Lipinski definition) is 3. The van der Waals surface area contributed by atoms with E-state index >= 15 is 0 Å². The Bertz CT molecular complexity index is 1390. The number of H-pyrrole nitrogens is 2. The van der Waals surface area contributed by atoms with Crippen LogP contribution in [0.3, 0.4) is 0 Å². The van der Waals surface area contributed by atoms with Crippen LogP contribution >= 0.6 is 0 Å². The average molecular weight is 442 g/mol. The lowest BCUT2D eigenvalue weighted by Crippen LogP contribution is -2.19. The normalized spacial score (nSPS) is 11.3. The van der Waals surface area contributed by atoms with Crippen LogP contribution in [0.5, 0.6) is 0 Å². The van der Waals surface area contributed by atoms with Crippen molar-refractivity contribution < 1.29 is 4.39 Å². The molecule has 0 aliphatic carbocycles. The molecule has 0 unspecified atom stereocenters. The molecule has 5 rings (SSSR count). The van der Waals surface area contributed by atoms with Crippen molar-refractivity contribution in [3.05, 3.63) is 112 Å². The Labute approximate surface area is 189 Å². The molecule has 3 N–H and O–H groups in total. The molecule has 0 spiro atoms. The summed E-state index contributed by atoms with van der Waals surface area (Å²) in [6.45, 7) is 1.11. The molecule has 0 aliphatic rings. The fourth-order valence-electron chi connectivity index (χ4n) is 3.87. The summed E-state index contributed by atoms with van der Waals surface area (Å²) in [6, 6.07) is 17.9. The first-order valence-electron chi connectivity index (χ1n) is 10.8. The van der Waals surface area contributed by atoms with Gasteiger partial charge in [0, 0.05) is 31.0 Å². The van der Waals surface area contributed by atoms with E-state index < -0.39 is 0 Å². The van der Waals surface area contributed by atoms with Gasteiger partial charge in [0.2, 0.25) is 5.95 Å². The lowest BCUT2D eigenvalue weighted by atomic mass is 10.0. The zero-order valence-electron chi connectivity index (χ0n) is 17.9. The zero-order chi connectivity index (χ0) is 22.6. The Kier molecular flexibility index (Phi) is 5.82. The van der Waals surface area contributed by atoms with Gasteiger partial charge >= 0.3 is 0 Å². The summed E-state index contributed by atoms with van der Waals surface area (Å²) in [6.07, 6.45) is 4.70. The maximum Gasteiger partial charge on any atom is 0.277 e. The third kappa shape index (κ3) is 4.61. The second kappa shape index (κ2) is 9.22. The zero-order valence-corrected chi connectivity index (χ0v) is 17.9. The Hall–Kier alpha value is -4.04. The summed E-state index contributed by atoms with van der Waals surface area (Å²) in [5.41, 5.74) is 5.02. The first-order chi connectivity index (χ1) is 16.2. The molecule has 7 nitrogen and oxygen atoms in total. The van der Waals surface area contributed by atoms with Gasteiger partial charge in [-0.15, -0.1) is 0 Å². The van der Waals surface area contributed by atoms with Crippen molar-refractivity contribution in [2.75, 3.05) is 0 Å². The summed E-state index contributed by atoms with van der Waals surface area (Å²) in [7, 11) is 0. The summed E-state index contributed by atoms with van der Waals surface area (Å²) in [5, 5.41) is 6.61. The standard InChI is InChI=1S/C25H23FN6O/c26-19-10-7-17(8-11-19)9-12-20-23(16-28-15-18-4-3-13-27-14-18)31-32(24(20)33)25-29-21-5-1-2-6-22(21)30-25/h1-8,10-11,13-14,28,31H,9,12,15-16H2,(H,29,30). The summed E-state index contributed by atoms with van der Waals surface area (Å²) < 4.78 is 14.7. The highest BCUT2D eigenvalue weighted by Gasteiger charge is 2.17. The number of halogens is 1. The van der Waals surface area contributed by atoms with Crippen LogP contribution in [0.4, 0.5) is 4.39 Å². The van der Waals surface area contributed by atoms with E-state index in [4.69, 9.17) is 0 Å². The second-order valence-electron chi connectivity index (χ2n) is 7.88. The van der Waals surface area contributed by atoms with Crippen molar-refractivity contribution >= 4 is 11.0 Å². The Morgan fingerprint density at radius 3 is 2.58 bits per heavy atom. The maximum atomic E-state index is 13.3. The number of benzene rings is 2. The second-order valence-corrected chi connectivity index (χ2v) is 7.88. The summed E-state index contributed by atoms with van der Waals surface area (Å²) in [4.78, 5) is 25.2. The predicted octanol–water partition coefficient (Wildman–Crippen LogP) is 3.65. The highest BCUT2D eigenvalue weighted by atomic mass is 19.1. The molecule has 2 aromatic carbocycles. The number of rotatable bonds is 8. The van der Waals surface area contributed by atoms with Crippen molar-refractivity contribution in [1.82, 2.24) is 30.0 Å². The van der Waals surface area contributed by atoms with E-state index in [1.54, 1.807) is 18.3 Å². The van der Waals surface area contributed by atoms with Crippen molar-refractivity contribution in [3.63, 3.8) is 0 Å². The first kappa shape index (κ1) is 20.8. The van der Waals surface area contributed by atoms with Crippen LogP contribution in [-0.4, -0.2) is 24.7 Å². The number of pyridine rings is 1. The topological polar surface area (TPSA) is 91.4 Å². The van der Waals surface area contributed by atoms with E-state index in [2.05, 4.69) is 25.4 Å². The van der Waals surface area contributed by atoms with Gasteiger partial charge in [-0.05, 0) is 54.3 Å². The minimum atomic E-state index is -0.270. The fourth-order valence-corrected chi connectivity index (χ4v) is 3.87. The van der Waals surface area contributed by atoms with Gasteiger partial charge in [-0.1, -0.05) is 30.3 Å². The van der Waals surface area contributed by atoms with E-state index in [0.717, 1.165) is 27.9 Å². The molecule has 0 atom stereocenters. The fraction of sp³-hybridized carbons (Fsp3) is 0.160. The third-order valence-electron chi connectivity index (χ3n) is 5.59. The van der Waals surface area contributed by atoms with E-state index in [1.807, 2.05) is 42.6 Å². The average Bonchev–Trinajstić information content (AvgIpc) is 3.40. The number of nitrogens with zero attached hydrogens (tertiary/aromatic N) is 3. The van der Waals surface area contributed by atoms with Gasteiger partial charge in [0.15, 0.2) is 0 Å². The molecule has 0 bridgehead atoms. The Morgan fingerprint density at radius 1 is 0.939 bits per heavy atom. The molecule has 5 aromatic rings. The van der Waals surface area contributed by atoms with Crippen molar-refractivity contribution in [2.24, 2.45) is 0 Å². The predicted molar refractivity (Wildman–Crippen MR) is 125 cm³/mol. The highest BCUT2D eigenvalue weighted by Crippen LogP contribution is 2.14. The molecule has 0 fully saturated rings. The van der Waals surface area contributed by atoms with Crippen LogP contribution in [0, 0.1) is 5.82 Å². The number of aryl methyl sites for hydroxylation is 1. The smallest absolute Gasteiger partial charge is 0.277 e. The van der Waals surface area contributed by atoms with Crippen LogP contribution in [-0.2, 0) is 25.9 Å².